The molecule has 0 N–H and O–H groups in total. The van der Waals surface area contributed by atoms with E-state index in [9.17, 15) is 4.79 Å². The van der Waals surface area contributed by atoms with Crippen LogP contribution in [-0.4, -0.2) is 37.1 Å². The summed E-state index contributed by atoms with van der Waals surface area (Å²) in [5.74, 6) is 1.40. The molecule has 110 valence electrons. The zero-order chi connectivity index (χ0) is 14.2. The summed E-state index contributed by atoms with van der Waals surface area (Å²) in [5.41, 5.74) is 0. The molecule has 4 nitrogen and oxygen atoms in total. The Morgan fingerprint density at radius 3 is 2.25 bits per heavy atom. The zero-order valence-corrected chi connectivity index (χ0v) is 12.1. The predicted molar refractivity (Wildman–Crippen MR) is 78.2 cm³/mol. The van der Waals surface area contributed by atoms with Crippen molar-refractivity contribution in [3.8, 4) is 11.5 Å². The highest BCUT2D eigenvalue weighted by molar-refractivity contribution is 5.77. The molecule has 0 unspecified atom stereocenters. The molecule has 0 aliphatic carbocycles. The van der Waals surface area contributed by atoms with Crippen LogP contribution in [0.25, 0.3) is 0 Å². The number of amides is 1. The molecule has 1 saturated heterocycles. The van der Waals surface area contributed by atoms with Gasteiger partial charge in [-0.05, 0) is 31.9 Å². The molecule has 0 aromatic heterocycles. The van der Waals surface area contributed by atoms with Gasteiger partial charge in [-0.3, -0.25) is 4.79 Å². The van der Waals surface area contributed by atoms with Crippen LogP contribution in [0.2, 0.25) is 0 Å². The summed E-state index contributed by atoms with van der Waals surface area (Å²) >= 11 is 0. The van der Waals surface area contributed by atoms with Crippen molar-refractivity contribution in [2.45, 2.75) is 32.6 Å². The number of hydrogen-bond acceptors (Lipinski definition) is 3. The molecule has 1 fully saturated rings. The summed E-state index contributed by atoms with van der Waals surface area (Å²) < 4.78 is 11.1. The van der Waals surface area contributed by atoms with Crippen molar-refractivity contribution in [2.24, 2.45) is 0 Å². The van der Waals surface area contributed by atoms with E-state index in [0.29, 0.717) is 18.1 Å². The van der Waals surface area contributed by atoms with E-state index in [1.165, 1.54) is 12.8 Å². The number of benzene rings is 1. The van der Waals surface area contributed by atoms with E-state index in [1.807, 2.05) is 36.1 Å². The summed E-state index contributed by atoms with van der Waals surface area (Å²) in [5, 5.41) is 0. The standard InChI is InChI=1S/C16H23NO3/c1-2-19-14-9-5-6-10-15(14)20-13-16(18)17-11-7-3-4-8-12-17/h5-6,9-10H,2-4,7-8,11-13H2,1H3. The van der Waals surface area contributed by atoms with Gasteiger partial charge in [-0.2, -0.15) is 0 Å². The third kappa shape index (κ3) is 4.15. The number of rotatable bonds is 5. The summed E-state index contributed by atoms with van der Waals surface area (Å²) in [6.45, 7) is 4.31. The van der Waals surface area contributed by atoms with Crippen LogP contribution in [0.5, 0.6) is 11.5 Å². The first-order valence-electron chi connectivity index (χ1n) is 7.43. The molecule has 1 aliphatic heterocycles. The monoisotopic (exact) mass is 277 g/mol. The molecular formula is C16H23NO3. The van der Waals surface area contributed by atoms with Crippen molar-refractivity contribution in [3.63, 3.8) is 0 Å². The second kappa shape index (κ2) is 7.78. The van der Waals surface area contributed by atoms with Crippen LogP contribution in [0.1, 0.15) is 32.6 Å². The van der Waals surface area contributed by atoms with E-state index in [4.69, 9.17) is 9.47 Å². The van der Waals surface area contributed by atoms with Crippen LogP contribution >= 0.6 is 0 Å². The predicted octanol–water partition coefficient (Wildman–Crippen LogP) is 2.87. The Balaban J connectivity index is 1.89. The number of hydrogen-bond donors (Lipinski definition) is 0. The molecule has 4 heteroatoms. The van der Waals surface area contributed by atoms with E-state index in [0.717, 1.165) is 25.9 Å². The molecule has 1 aliphatic rings. The van der Waals surface area contributed by atoms with Crippen LogP contribution in [-0.2, 0) is 4.79 Å². The van der Waals surface area contributed by atoms with Crippen molar-refractivity contribution in [1.29, 1.82) is 0 Å². The Bertz CT molecular complexity index is 425. The van der Waals surface area contributed by atoms with Crippen LogP contribution in [0, 0.1) is 0 Å². The van der Waals surface area contributed by atoms with Crippen LogP contribution in [0.4, 0.5) is 0 Å². The van der Waals surface area contributed by atoms with Crippen molar-refractivity contribution in [2.75, 3.05) is 26.3 Å². The fraction of sp³-hybridized carbons (Fsp3) is 0.562. The molecule has 1 amide bonds. The maximum Gasteiger partial charge on any atom is 0.260 e. The van der Waals surface area contributed by atoms with Crippen molar-refractivity contribution < 1.29 is 14.3 Å². The highest BCUT2D eigenvalue weighted by Gasteiger charge is 2.16. The summed E-state index contributed by atoms with van der Waals surface area (Å²) in [6.07, 6.45) is 4.64. The number of likely N-dealkylation sites (tertiary alicyclic amines) is 1. The highest BCUT2D eigenvalue weighted by atomic mass is 16.5. The van der Waals surface area contributed by atoms with Crippen molar-refractivity contribution in [3.05, 3.63) is 24.3 Å². The number of carbonyl (C=O) groups excluding carboxylic acids is 1. The quantitative estimate of drug-likeness (QED) is 0.830. The maximum absolute atomic E-state index is 12.2. The van der Waals surface area contributed by atoms with Gasteiger partial charge in [0.1, 0.15) is 0 Å². The molecule has 1 heterocycles. The Hall–Kier alpha value is -1.71. The molecule has 0 spiro atoms. The van der Waals surface area contributed by atoms with Gasteiger partial charge in [0.2, 0.25) is 0 Å². The van der Waals surface area contributed by atoms with Gasteiger partial charge in [-0.15, -0.1) is 0 Å². The van der Waals surface area contributed by atoms with Crippen LogP contribution in [0.15, 0.2) is 24.3 Å². The minimum absolute atomic E-state index is 0.0678. The van der Waals surface area contributed by atoms with Crippen LogP contribution < -0.4 is 9.47 Å². The lowest BCUT2D eigenvalue weighted by Crippen LogP contribution is -2.35. The Labute approximate surface area is 120 Å². The van der Waals surface area contributed by atoms with E-state index in [-0.39, 0.29) is 12.5 Å². The Morgan fingerprint density at radius 2 is 1.65 bits per heavy atom. The van der Waals surface area contributed by atoms with Gasteiger partial charge in [0.25, 0.3) is 5.91 Å². The number of para-hydroxylation sites is 2. The molecular weight excluding hydrogens is 254 g/mol. The smallest absolute Gasteiger partial charge is 0.260 e. The Kier molecular flexibility index (Phi) is 5.71. The lowest BCUT2D eigenvalue weighted by molar-refractivity contribution is -0.133. The van der Waals surface area contributed by atoms with E-state index < -0.39 is 0 Å². The largest absolute Gasteiger partial charge is 0.490 e. The maximum atomic E-state index is 12.2. The Morgan fingerprint density at radius 1 is 1.05 bits per heavy atom. The van der Waals surface area contributed by atoms with Gasteiger partial charge in [0.05, 0.1) is 6.61 Å². The zero-order valence-electron chi connectivity index (χ0n) is 12.1. The molecule has 1 aromatic rings. The highest BCUT2D eigenvalue weighted by Crippen LogP contribution is 2.26. The first-order valence-corrected chi connectivity index (χ1v) is 7.43. The molecule has 1 aromatic carbocycles. The van der Waals surface area contributed by atoms with E-state index in [1.54, 1.807) is 0 Å². The fourth-order valence-corrected chi connectivity index (χ4v) is 2.40. The second-order valence-corrected chi connectivity index (χ2v) is 4.96. The molecule has 0 bridgehead atoms. The summed E-state index contributed by atoms with van der Waals surface area (Å²) in [4.78, 5) is 14.1. The van der Waals surface area contributed by atoms with Gasteiger partial charge in [-0.1, -0.05) is 25.0 Å². The fourth-order valence-electron chi connectivity index (χ4n) is 2.40. The third-order valence-corrected chi connectivity index (χ3v) is 3.46. The summed E-state index contributed by atoms with van der Waals surface area (Å²) in [6, 6.07) is 7.47. The minimum atomic E-state index is 0.0678. The van der Waals surface area contributed by atoms with E-state index >= 15 is 0 Å². The number of carbonyl (C=O) groups is 1. The average molecular weight is 277 g/mol. The number of nitrogens with zero attached hydrogens (tertiary/aromatic N) is 1. The number of ether oxygens (including phenoxy) is 2. The molecule has 2 rings (SSSR count). The minimum Gasteiger partial charge on any atom is -0.490 e. The summed E-state index contributed by atoms with van der Waals surface area (Å²) in [7, 11) is 0. The average Bonchev–Trinajstić information content (AvgIpc) is 2.75. The van der Waals surface area contributed by atoms with Gasteiger partial charge in [0, 0.05) is 13.1 Å². The van der Waals surface area contributed by atoms with Crippen LogP contribution in [0.3, 0.4) is 0 Å². The van der Waals surface area contributed by atoms with Crippen molar-refractivity contribution in [1.82, 2.24) is 4.90 Å². The first-order chi connectivity index (χ1) is 9.81. The molecule has 20 heavy (non-hydrogen) atoms. The van der Waals surface area contributed by atoms with Gasteiger partial charge >= 0.3 is 0 Å². The van der Waals surface area contributed by atoms with Crippen molar-refractivity contribution >= 4 is 5.91 Å². The van der Waals surface area contributed by atoms with E-state index in [2.05, 4.69) is 0 Å². The second-order valence-electron chi connectivity index (χ2n) is 4.96. The SMILES string of the molecule is CCOc1ccccc1OCC(=O)N1CCCCCC1. The normalized spacial score (nSPS) is 15.6. The lowest BCUT2D eigenvalue weighted by Gasteiger charge is -2.20. The third-order valence-electron chi connectivity index (χ3n) is 3.46. The lowest BCUT2D eigenvalue weighted by atomic mass is 10.2. The first kappa shape index (κ1) is 14.7. The molecule has 0 radical (unpaired) electrons. The topological polar surface area (TPSA) is 38.8 Å². The van der Waals surface area contributed by atoms with Gasteiger partial charge in [0.15, 0.2) is 18.1 Å². The van der Waals surface area contributed by atoms with Gasteiger partial charge < -0.3 is 14.4 Å². The molecule has 0 saturated carbocycles. The molecule has 0 atom stereocenters. The van der Waals surface area contributed by atoms with Gasteiger partial charge in [-0.25, -0.2) is 0 Å².